The first-order valence-electron chi connectivity index (χ1n) is 26.6. The van der Waals surface area contributed by atoms with Crippen LogP contribution in [0.15, 0.2) is 97.2 Å². The average Bonchev–Trinajstić information content (AvgIpc) is 3.28. The van der Waals surface area contributed by atoms with Gasteiger partial charge in [-0.05, 0) is 77.0 Å². The lowest BCUT2D eigenvalue weighted by Crippen LogP contribution is -2.45. The van der Waals surface area contributed by atoms with Crippen molar-refractivity contribution in [2.45, 2.75) is 219 Å². The van der Waals surface area contributed by atoms with Gasteiger partial charge >= 0.3 is 0 Å². The van der Waals surface area contributed by atoms with Crippen LogP contribution in [-0.2, 0) is 18.4 Å². The summed E-state index contributed by atoms with van der Waals surface area (Å²) in [5.41, 5.74) is 0. The Balaban J connectivity index is 4.35. The first-order chi connectivity index (χ1) is 32.0. The highest BCUT2D eigenvalue weighted by Crippen LogP contribution is 2.38. The zero-order valence-electron chi connectivity index (χ0n) is 43.1. The predicted octanol–water partition coefficient (Wildman–Crippen LogP) is 15.2. The van der Waals surface area contributed by atoms with Gasteiger partial charge in [-0.1, -0.05) is 220 Å². The number of phosphoric ester groups is 1. The van der Waals surface area contributed by atoms with E-state index in [0.29, 0.717) is 17.4 Å². The van der Waals surface area contributed by atoms with E-state index in [1.165, 1.54) is 83.5 Å². The average molecular weight is 941 g/mol. The highest BCUT2D eigenvalue weighted by atomic mass is 31.2. The van der Waals surface area contributed by atoms with Gasteiger partial charge in [0.15, 0.2) is 0 Å². The van der Waals surface area contributed by atoms with Gasteiger partial charge in [0, 0.05) is 6.42 Å². The van der Waals surface area contributed by atoms with Crippen LogP contribution in [-0.4, -0.2) is 68.5 Å². The van der Waals surface area contributed by atoms with Crippen LogP contribution < -0.4 is 10.2 Å². The summed E-state index contributed by atoms with van der Waals surface area (Å²) in [6.45, 7) is 4.51. The van der Waals surface area contributed by atoms with Gasteiger partial charge in [-0.25, -0.2) is 0 Å². The molecule has 9 heteroatoms. The lowest BCUT2D eigenvalue weighted by Gasteiger charge is -2.29. The molecular weight excluding hydrogens is 840 g/mol. The molecule has 0 aromatic heterocycles. The van der Waals surface area contributed by atoms with E-state index in [9.17, 15) is 19.4 Å². The van der Waals surface area contributed by atoms with Gasteiger partial charge in [0.2, 0.25) is 5.91 Å². The number of hydrogen-bond donors (Lipinski definition) is 2. The molecule has 2 N–H and O–H groups in total. The molecule has 380 valence electrons. The van der Waals surface area contributed by atoms with Crippen LogP contribution >= 0.6 is 7.82 Å². The van der Waals surface area contributed by atoms with Gasteiger partial charge in [-0.15, -0.1) is 0 Å². The van der Waals surface area contributed by atoms with E-state index in [1.54, 1.807) is 6.08 Å². The third kappa shape index (κ3) is 49.3. The minimum atomic E-state index is -4.61. The Labute approximate surface area is 407 Å². The van der Waals surface area contributed by atoms with Crippen molar-refractivity contribution in [3.63, 3.8) is 0 Å². The van der Waals surface area contributed by atoms with Crippen molar-refractivity contribution >= 4 is 13.7 Å². The molecule has 3 atom stereocenters. The van der Waals surface area contributed by atoms with Gasteiger partial charge in [0.25, 0.3) is 7.82 Å². The van der Waals surface area contributed by atoms with Crippen molar-refractivity contribution in [3.8, 4) is 0 Å². The lowest BCUT2D eigenvalue weighted by molar-refractivity contribution is -0.870. The number of rotatable bonds is 47. The Bertz CT molecular complexity index is 1390. The fraction of sp³-hybridized carbons (Fsp3) is 0.702. The summed E-state index contributed by atoms with van der Waals surface area (Å²) in [4.78, 5) is 25.4. The molecule has 0 aliphatic heterocycles. The Hall–Kier alpha value is -2.58. The highest BCUT2D eigenvalue weighted by Gasteiger charge is 2.23. The Morgan fingerprint density at radius 1 is 0.545 bits per heavy atom. The van der Waals surface area contributed by atoms with E-state index in [0.717, 1.165) is 103 Å². The summed E-state index contributed by atoms with van der Waals surface area (Å²) >= 11 is 0. The Morgan fingerprint density at radius 3 is 1.35 bits per heavy atom. The topological polar surface area (TPSA) is 108 Å². The smallest absolute Gasteiger partial charge is 0.268 e. The number of unbranched alkanes of at least 4 members (excludes halogenated alkanes) is 20. The first-order valence-corrected chi connectivity index (χ1v) is 28.1. The molecule has 66 heavy (non-hydrogen) atoms. The van der Waals surface area contributed by atoms with E-state index in [-0.39, 0.29) is 12.5 Å². The molecule has 1 amide bonds. The van der Waals surface area contributed by atoms with Gasteiger partial charge in [0.1, 0.15) is 13.2 Å². The van der Waals surface area contributed by atoms with Crippen LogP contribution in [0.3, 0.4) is 0 Å². The number of hydrogen-bond acceptors (Lipinski definition) is 6. The monoisotopic (exact) mass is 941 g/mol. The molecule has 0 radical (unpaired) electrons. The largest absolute Gasteiger partial charge is 0.756 e. The molecule has 0 fully saturated rings. The quantitative estimate of drug-likeness (QED) is 0.0272. The molecule has 8 nitrogen and oxygen atoms in total. The maximum absolute atomic E-state index is 12.9. The molecule has 0 aliphatic rings. The summed E-state index contributed by atoms with van der Waals surface area (Å²) < 4.78 is 23.3. The highest BCUT2D eigenvalue weighted by molar-refractivity contribution is 7.45. The molecule has 0 spiro atoms. The van der Waals surface area contributed by atoms with Crippen LogP contribution in [0.4, 0.5) is 0 Å². The van der Waals surface area contributed by atoms with Crippen molar-refractivity contribution in [3.05, 3.63) is 97.2 Å². The fourth-order valence-corrected chi connectivity index (χ4v) is 7.85. The number of carbonyl (C=O) groups excluding carboxylic acids is 1. The van der Waals surface area contributed by atoms with Crippen molar-refractivity contribution in [1.29, 1.82) is 0 Å². The fourth-order valence-electron chi connectivity index (χ4n) is 7.13. The van der Waals surface area contributed by atoms with E-state index in [2.05, 4.69) is 104 Å². The maximum atomic E-state index is 12.9. The van der Waals surface area contributed by atoms with Crippen molar-refractivity contribution in [2.75, 3.05) is 40.9 Å². The number of nitrogens with one attached hydrogen (secondary N) is 1. The third-order valence-electron chi connectivity index (χ3n) is 11.3. The Kier molecular flexibility index (Phi) is 45.6. The van der Waals surface area contributed by atoms with Gasteiger partial charge in [-0.3, -0.25) is 9.36 Å². The van der Waals surface area contributed by atoms with E-state index in [1.807, 2.05) is 27.2 Å². The lowest BCUT2D eigenvalue weighted by atomic mass is 10.0. The van der Waals surface area contributed by atoms with Crippen LogP contribution in [0.25, 0.3) is 0 Å². The summed E-state index contributed by atoms with van der Waals surface area (Å²) in [6, 6.07) is -0.904. The predicted molar refractivity (Wildman–Crippen MR) is 283 cm³/mol. The van der Waals surface area contributed by atoms with Gasteiger partial charge < -0.3 is 28.8 Å². The minimum absolute atomic E-state index is 0.0103. The first kappa shape index (κ1) is 63.4. The zero-order chi connectivity index (χ0) is 48.5. The number of quaternary nitrogens is 1. The van der Waals surface area contributed by atoms with Gasteiger partial charge in [0.05, 0.1) is 39.9 Å². The maximum Gasteiger partial charge on any atom is 0.268 e. The summed E-state index contributed by atoms with van der Waals surface area (Å²) in [5.74, 6) is -0.220. The molecule has 0 saturated heterocycles. The van der Waals surface area contributed by atoms with E-state index in [4.69, 9.17) is 9.05 Å². The Morgan fingerprint density at radius 2 is 0.924 bits per heavy atom. The summed E-state index contributed by atoms with van der Waals surface area (Å²) in [7, 11) is 1.23. The molecule has 0 bridgehead atoms. The van der Waals surface area contributed by atoms with Gasteiger partial charge in [-0.2, -0.15) is 0 Å². The zero-order valence-corrected chi connectivity index (χ0v) is 44.0. The molecular formula is C57H101N2O6P. The van der Waals surface area contributed by atoms with E-state index >= 15 is 0 Å². The van der Waals surface area contributed by atoms with Crippen LogP contribution in [0.2, 0.25) is 0 Å². The number of nitrogens with zero attached hydrogens (tertiary/aromatic N) is 1. The SMILES string of the molecule is CC/C=C\C/C=C\C/C=C\C/C=C\C/C=C\C/C=C\C/C=C\CCCCCCCC(=O)NC(COP(=O)([O-])OCC[N+](C)(C)C)C(O)/C=C/CCCCCCCCCCCCCCCCC. The van der Waals surface area contributed by atoms with Crippen LogP contribution in [0, 0.1) is 0 Å². The number of carbonyl (C=O) groups is 1. The molecule has 0 heterocycles. The van der Waals surface area contributed by atoms with Crippen LogP contribution in [0.1, 0.15) is 206 Å². The number of likely N-dealkylation sites (N-methyl/N-ethyl adjacent to an activating group) is 1. The number of aliphatic hydroxyl groups excluding tert-OH is 1. The molecule has 3 unspecified atom stereocenters. The normalized spacial score (nSPS) is 14.8. The molecule has 0 rings (SSSR count). The summed E-state index contributed by atoms with van der Waals surface area (Å²) in [5, 5.41) is 13.8. The number of allylic oxidation sites excluding steroid dienone is 15. The summed E-state index contributed by atoms with van der Waals surface area (Å²) in [6.07, 6.45) is 67.5. The van der Waals surface area contributed by atoms with Crippen molar-refractivity contribution in [2.24, 2.45) is 0 Å². The second-order valence-electron chi connectivity index (χ2n) is 18.9. The number of aliphatic hydroxyl groups is 1. The standard InChI is InChI=1S/C57H101N2O6P/c1-6-8-10-12-14-16-18-20-22-24-25-26-27-28-29-30-31-32-33-35-37-39-41-43-45-47-49-51-57(61)58-55(54-65-66(62,63)64-53-52-59(3,4)5)56(60)50-48-46-44-42-40-38-36-34-23-21-19-17-15-13-11-9-7-2/h8,10,14,16,20,22,25-26,28-29,31-32,35,37,48,50,55-56,60H,6-7,9,11-13,15,17-19,21,23-24,27,30,33-34,36,38-47,49,51-54H2,1-5H3,(H-,58,61,62,63)/b10-8-,16-14-,22-20-,26-25-,29-28-,32-31-,37-35-,50-48+. The van der Waals surface area contributed by atoms with E-state index < -0.39 is 26.6 Å². The second-order valence-corrected chi connectivity index (χ2v) is 20.3. The number of amides is 1. The third-order valence-corrected chi connectivity index (χ3v) is 12.3. The van der Waals surface area contributed by atoms with Crippen molar-refractivity contribution in [1.82, 2.24) is 5.32 Å². The molecule has 0 aromatic carbocycles. The molecule has 0 aliphatic carbocycles. The molecule has 0 aromatic rings. The minimum Gasteiger partial charge on any atom is -0.756 e. The van der Waals surface area contributed by atoms with Crippen molar-refractivity contribution < 1.29 is 32.9 Å². The second kappa shape index (κ2) is 47.5. The number of phosphoric acid groups is 1. The van der Waals surface area contributed by atoms with Crippen LogP contribution in [0.5, 0.6) is 0 Å². The molecule has 0 saturated carbocycles.